The van der Waals surface area contributed by atoms with E-state index in [0.717, 1.165) is 5.70 Å². The van der Waals surface area contributed by atoms with E-state index in [0.29, 0.717) is 6.42 Å². The lowest BCUT2D eigenvalue weighted by Gasteiger charge is -2.06. The molecule has 0 aliphatic heterocycles. The molecule has 0 fully saturated rings. The van der Waals surface area contributed by atoms with Crippen LogP contribution in [0.2, 0.25) is 0 Å². The number of allylic oxidation sites excluding steroid dienone is 4. The summed E-state index contributed by atoms with van der Waals surface area (Å²) in [6, 6.07) is 0. The van der Waals surface area contributed by atoms with Crippen molar-refractivity contribution in [1.29, 1.82) is 0 Å². The summed E-state index contributed by atoms with van der Waals surface area (Å²) in [5.74, 6) is 0.221. The van der Waals surface area contributed by atoms with Gasteiger partial charge in [0.2, 0.25) is 0 Å². The normalized spacial score (nSPS) is 15.1. The maximum Gasteiger partial charge on any atom is 0.133 e. The predicted octanol–water partition coefficient (Wildman–Crippen LogP) is 2.02. The third kappa shape index (κ3) is 4.72. The smallest absolute Gasteiger partial charge is 0.133 e. The van der Waals surface area contributed by atoms with Gasteiger partial charge in [0.05, 0.1) is 0 Å². The second kappa shape index (κ2) is 5.58. The largest absolute Gasteiger partial charge is 0.402 e. The highest BCUT2D eigenvalue weighted by atomic mass is 16.1. The fraction of sp³-hybridized carbons (Fsp3) is 0.500. The summed E-state index contributed by atoms with van der Waals surface area (Å²) >= 11 is 0. The molecule has 0 rings (SSSR count). The molecule has 0 radical (unpaired) electrons. The summed E-state index contributed by atoms with van der Waals surface area (Å²) in [6.45, 7) is 5.41. The van der Waals surface area contributed by atoms with Gasteiger partial charge < -0.3 is 5.73 Å². The minimum Gasteiger partial charge on any atom is -0.402 e. The first-order valence-electron chi connectivity index (χ1n) is 4.15. The van der Waals surface area contributed by atoms with Crippen LogP contribution in [0.4, 0.5) is 0 Å². The van der Waals surface area contributed by atoms with Gasteiger partial charge in [-0.3, -0.25) is 4.79 Å². The molecule has 0 aromatic heterocycles. The number of Topliss-reactive ketones (excluding diaryl/α,β-unsaturated/α-hetero) is 1. The molecular formula is C10H17NO. The van der Waals surface area contributed by atoms with Gasteiger partial charge in [-0.1, -0.05) is 19.1 Å². The van der Waals surface area contributed by atoms with Gasteiger partial charge in [0.1, 0.15) is 5.78 Å². The van der Waals surface area contributed by atoms with Crippen LogP contribution in [0.15, 0.2) is 23.9 Å². The summed E-state index contributed by atoms with van der Waals surface area (Å²) in [5.41, 5.74) is 6.42. The zero-order valence-corrected chi connectivity index (χ0v) is 8.00. The zero-order chi connectivity index (χ0) is 9.56. The summed E-state index contributed by atoms with van der Waals surface area (Å²) in [6.07, 6.45) is 6.27. The van der Waals surface area contributed by atoms with Crippen molar-refractivity contribution < 1.29 is 4.79 Å². The molecule has 2 heteroatoms. The Kier molecular flexibility index (Phi) is 5.09. The Morgan fingerprint density at radius 1 is 1.58 bits per heavy atom. The minimum atomic E-state index is 0.0338. The Labute approximate surface area is 74.1 Å². The van der Waals surface area contributed by atoms with Crippen LogP contribution in [0, 0.1) is 5.92 Å². The van der Waals surface area contributed by atoms with Gasteiger partial charge in [0.15, 0.2) is 0 Å². The highest BCUT2D eigenvalue weighted by Crippen LogP contribution is 2.07. The maximum atomic E-state index is 10.9. The molecule has 0 aliphatic carbocycles. The van der Waals surface area contributed by atoms with E-state index in [1.807, 2.05) is 32.1 Å². The number of rotatable bonds is 4. The van der Waals surface area contributed by atoms with Crippen LogP contribution in [0.5, 0.6) is 0 Å². The molecule has 0 aromatic rings. The van der Waals surface area contributed by atoms with Gasteiger partial charge in [-0.15, -0.1) is 0 Å². The molecule has 0 saturated heterocycles. The molecule has 0 heterocycles. The molecule has 0 spiro atoms. The van der Waals surface area contributed by atoms with Gasteiger partial charge in [0, 0.05) is 11.6 Å². The second-order valence-corrected chi connectivity index (χ2v) is 2.98. The summed E-state index contributed by atoms with van der Waals surface area (Å²) in [5, 5.41) is 0. The summed E-state index contributed by atoms with van der Waals surface area (Å²) in [4.78, 5) is 10.9. The van der Waals surface area contributed by atoms with E-state index in [4.69, 9.17) is 5.73 Å². The van der Waals surface area contributed by atoms with Crippen LogP contribution in [-0.4, -0.2) is 5.78 Å². The Hall–Kier alpha value is -1.05. The Bertz CT molecular complexity index is 204. The van der Waals surface area contributed by atoms with Crippen LogP contribution < -0.4 is 5.73 Å². The van der Waals surface area contributed by atoms with Crippen molar-refractivity contribution in [2.75, 3.05) is 0 Å². The second-order valence-electron chi connectivity index (χ2n) is 2.98. The Balaban J connectivity index is 3.99. The molecule has 0 aliphatic rings. The van der Waals surface area contributed by atoms with Crippen molar-refractivity contribution in [3.8, 4) is 0 Å². The SMILES string of the molecule is C/C=C\C=C(\N)CC(C)C(C)=O. The van der Waals surface area contributed by atoms with Crippen LogP contribution in [0.1, 0.15) is 27.2 Å². The van der Waals surface area contributed by atoms with E-state index in [1.165, 1.54) is 0 Å². The Morgan fingerprint density at radius 2 is 2.17 bits per heavy atom. The van der Waals surface area contributed by atoms with E-state index in [9.17, 15) is 4.79 Å². The van der Waals surface area contributed by atoms with E-state index >= 15 is 0 Å². The highest BCUT2D eigenvalue weighted by Gasteiger charge is 2.07. The molecule has 0 bridgehead atoms. The van der Waals surface area contributed by atoms with E-state index in [1.54, 1.807) is 6.92 Å². The quantitative estimate of drug-likeness (QED) is 0.651. The van der Waals surface area contributed by atoms with Crippen LogP contribution in [0.25, 0.3) is 0 Å². The fourth-order valence-electron chi connectivity index (χ4n) is 0.785. The van der Waals surface area contributed by atoms with Crippen molar-refractivity contribution >= 4 is 5.78 Å². The standard InChI is InChI=1S/C10H17NO/c1-4-5-6-10(11)7-8(2)9(3)12/h4-6,8H,7,11H2,1-3H3/b5-4-,10-6+. The van der Waals surface area contributed by atoms with Gasteiger partial charge in [-0.05, 0) is 26.3 Å². The first-order chi connectivity index (χ1) is 5.57. The van der Waals surface area contributed by atoms with Crippen molar-refractivity contribution in [1.82, 2.24) is 0 Å². The number of carbonyl (C=O) groups is 1. The molecule has 2 N–H and O–H groups in total. The molecule has 1 unspecified atom stereocenters. The van der Waals surface area contributed by atoms with Crippen LogP contribution in [0.3, 0.4) is 0 Å². The third-order valence-corrected chi connectivity index (χ3v) is 1.74. The molecular weight excluding hydrogens is 150 g/mol. The van der Waals surface area contributed by atoms with Gasteiger partial charge >= 0.3 is 0 Å². The number of ketones is 1. The zero-order valence-electron chi connectivity index (χ0n) is 8.00. The van der Waals surface area contributed by atoms with Crippen molar-refractivity contribution in [3.05, 3.63) is 23.9 Å². The number of hydrogen-bond donors (Lipinski definition) is 1. The Morgan fingerprint density at radius 3 is 2.58 bits per heavy atom. The van der Waals surface area contributed by atoms with Gasteiger partial charge in [-0.2, -0.15) is 0 Å². The van der Waals surface area contributed by atoms with Crippen molar-refractivity contribution in [2.45, 2.75) is 27.2 Å². The average Bonchev–Trinajstić information content (AvgIpc) is 2.00. The molecule has 1 atom stereocenters. The molecule has 2 nitrogen and oxygen atoms in total. The summed E-state index contributed by atoms with van der Waals surface area (Å²) in [7, 11) is 0. The fourth-order valence-corrected chi connectivity index (χ4v) is 0.785. The molecule has 0 aromatic carbocycles. The third-order valence-electron chi connectivity index (χ3n) is 1.74. The van der Waals surface area contributed by atoms with Crippen molar-refractivity contribution in [2.24, 2.45) is 11.7 Å². The van der Waals surface area contributed by atoms with E-state index in [-0.39, 0.29) is 11.7 Å². The van der Waals surface area contributed by atoms with Gasteiger partial charge in [0.25, 0.3) is 0 Å². The number of carbonyl (C=O) groups excluding carboxylic acids is 1. The lowest BCUT2D eigenvalue weighted by Crippen LogP contribution is -2.10. The topological polar surface area (TPSA) is 43.1 Å². The van der Waals surface area contributed by atoms with Gasteiger partial charge in [-0.25, -0.2) is 0 Å². The van der Waals surface area contributed by atoms with Crippen LogP contribution in [-0.2, 0) is 4.79 Å². The molecule has 0 amide bonds. The monoisotopic (exact) mass is 167 g/mol. The highest BCUT2D eigenvalue weighted by molar-refractivity contribution is 5.78. The summed E-state index contributed by atoms with van der Waals surface area (Å²) < 4.78 is 0. The van der Waals surface area contributed by atoms with E-state index < -0.39 is 0 Å². The number of nitrogens with two attached hydrogens (primary N) is 1. The molecule has 12 heavy (non-hydrogen) atoms. The average molecular weight is 167 g/mol. The van der Waals surface area contributed by atoms with Crippen LogP contribution >= 0.6 is 0 Å². The molecule has 0 saturated carbocycles. The first-order valence-corrected chi connectivity index (χ1v) is 4.15. The lowest BCUT2D eigenvalue weighted by atomic mass is 10.0. The first kappa shape index (κ1) is 11.0. The van der Waals surface area contributed by atoms with Crippen molar-refractivity contribution in [3.63, 3.8) is 0 Å². The van der Waals surface area contributed by atoms with E-state index in [2.05, 4.69) is 0 Å². The predicted molar refractivity (Wildman–Crippen MR) is 51.5 cm³/mol. The maximum absolute atomic E-state index is 10.9. The lowest BCUT2D eigenvalue weighted by molar-refractivity contribution is -0.120. The molecule has 68 valence electrons. The minimum absolute atomic E-state index is 0.0338. The number of hydrogen-bond acceptors (Lipinski definition) is 2.